The fourth-order valence-electron chi connectivity index (χ4n) is 0.845. The average Bonchev–Trinajstić information content (AvgIpc) is 1.85. The average molecular weight is 151 g/mol. The van der Waals surface area contributed by atoms with E-state index in [1.165, 1.54) is 13.1 Å². The van der Waals surface area contributed by atoms with Crippen LogP contribution in [0.25, 0.3) is 0 Å². The van der Waals surface area contributed by atoms with Crippen molar-refractivity contribution in [3.05, 3.63) is 17.6 Å². The van der Waals surface area contributed by atoms with E-state index in [1.54, 1.807) is 6.92 Å². The fourth-order valence-corrected chi connectivity index (χ4v) is 0.845. The van der Waals surface area contributed by atoms with Gasteiger partial charge in [-0.25, -0.2) is 9.97 Å². The maximum atomic E-state index is 10.8. The van der Waals surface area contributed by atoms with E-state index in [9.17, 15) is 4.79 Å². The molecule has 0 fully saturated rings. The van der Waals surface area contributed by atoms with Gasteiger partial charge in [-0.15, -0.1) is 0 Å². The van der Waals surface area contributed by atoms with Crippen molar-refractivity contribution in [1.82, 2.24) is 9.97 Å². The van der Waals surface area contributed by atoms with Crippen LogP contribution in [0.1, 0.15) is 23.1 Å². The van der Waals surface area contributed by atoms with Gasteiger partial charge in [-0.1, -0.05) is 0 Å². The molecule has 11 heavy (non-hydrogen) atoms. The normalized spacial score (nSPS) is 9.64. The van der Waals surface area contributed by atoms with Crippen LogP contribution in [0.15, 0.2) is 6.20 Å². The van der Waals surface area contributed by atoms with Gasteiger partial charge in [0.15, 0.2) is 5.78 Å². The van der Waals surface area contributed by atoms with Gasteiger partial charge >= 0.3 is 0 Å². The van der Waals surface area contributed by atoms with Gasteiger partial charge in [-0.2, -0.15) is 0 Å². The molecule has 0 atom stereocenters. The highest BCUT2D eigenvalue weighted by Gasteiger charge is 2.05. The third-order valence-electron chi connectivity index (χ3n) is 1.30. The first-order chi connectivity index (χ1) is 5.11. The van der Waals surface area contributed by atoms with Crippen molar-refractivity contribution in [2.75, 3.05) is 5.73 Å². The molecular formula is C7H9N3O. The zero-order chi connectivity index (χ0) is 8.43. The second kappa shape index (κ2) is 2.65. The zero-order valence-corrected chi connectivity index (χ0v) is 6.46. The molecule has 0 saturated carbocycles. The standard InChI is InChI=1S/C7H9N3O/c1-4-7(5(2)11)9-3-6(8)10-4/h3H,1-2H3,(H2,8,10). The number of anilines is 1. The predicted octanol–water partition coefficient (Wildman–Crippen LogP) is 0.570. The molecule has 0 bridgehead atoms. The molecule has 1 heterocycles. The molecule has 0 aliphatic carbocycles. The number of carbonyl (C=O) groups excluding carboxylic acids is 1. The Hall–Kier alpha value is -1.45. The van der Waals surface area contributed by atoms with Crippen LogP contribution in [0.5, 0.6) is 0 Å². The number of rotatable bonds is 1. The maximum Gasteiger partial charge on any atom is 0.179 e. The maximum absolute atomic E-state index is 10.8. The van der Waals surface area contributed by atoms with Crippen LogP contribution in [0.4, 0.5) is 5.82 Å². The highest BCUT2D eigenvalue weighted by Crippen LogP contribution is 2.03. The molecule has 1 aromatic heterocycles. The third-order valence-corrected chi connectivity index (χ3v) is 1.30. The molecule has 0 radical (unpaired) electrons. The highest BCUT2D eigenvalue weighted by molar-refractivity contribution is 5.93. The van der Waals surface area contributed by atoms with E-state index in [0.717, 1.165) is 0 Å². The summed E-state index contributed by atoms with van der Waals surface area (Å²) in [6.45, 7) is 3.16. The van der Waals surface area contributed by atoms with E-state index < -0.39 is 0 Å². The van der Waals surface area contributed by atoms with Gasteiger partial charge in [0.2, 0.25) is 0 Å². The summed E-state index contributed by atoms with van der Waals surface area (Å²) >= 11 is 0. The summed E-state index contributed by atoms with van der Waals surface area (Å²) in [7, 11) is 0. The second-order valence-electron chi connectivity index (χ2n) is 2.29. The number of nitrogens with zero attached hydrogens (tertiary/aromatic N) is 2. The lowest BCUT2D eigenvalue weighted by Gasteiger charge is -1.99. The van der Waals surface area contributed by atoms with Crippen LogP contribution in [-0.2, 0) is 0 Å². The molecule has 0 spiro atoms. The Labute approximate surface area is 64.5 Å². The van der Waals surface area contributed by atoms with Crippen molar-refractivity contribution in [2.45, 2.75) is 13.8 Å². The van der Waals surface area contributed by atoms with Crippen LogP contribution in [0.3, 0.4) is 0 Å². The first-order valence-electron chi connectivity index (χ1n) is 3.21. The SMILES string of the molecule is CC(=O)c1ncc(N)nc1C. The molecule has 0 amide bonds. The molecule has 0 aliphatic heterocycles. The van der Waals surface area contributed by atoms with Crippen LogP contribution in [0.2, 0.25) is 0 Å². The Morgan fingerprint density at radius 2 is 2.27 bits per heavy atom. The fraction of sp³-hybridized carbons (Fsp3) is 0.286. The van der Waals surface area contributed by atoms with Crippen molar-refractivity contribution in [2.24, 2.45) is 0 Å². The number of nitrogen functional groups attached to an aromatic ring is 1. The van der Waals surface area contributed by atoms with Gasteiger partial charge in [-0.05, 0) is 6.92 Å². The number of aromatic nitrogens is 2. The van der Waals surface area contributed by atoms with E-state index in [1.807, 2.05) is 0 Å². The molecule has 4 nitrogen and oxygen atoms in total. The highest BCUT2D eigenvalue weighted by atomic mass is 16.1. The number of hydrogen-bond acceptors (Lipinski definition) is 4. The molecule has 58 valence electrons. The first-order valence-corrected chi connectivity index (χ1v) is 3.21. The second-order valence-corrected chi connectivity index (χ2v) is 2.29. The Balaban J connectivity index is 3.20. The number of nitrogens with two attached hydrogens (primary N) is 1. The van der Waals surface area contributed by atoms with E-state index in [-0.39, 0.29) is 5.78 Å². The smallest absolute Gasteiger partial charge is 0.179 e. The topological polar surface area (TPSA) is 68.9 Å². The van der Waals surface area contributed by atoms with Crippen LogP contribution in [-0.4, -0.2) is 15.8 Å². The number of carbonyl (C=O) groups is 1. The van der Waals surface area contributed by atoms with Gasteiger partial charge in [-0.3, -0.25) is 4.79 Å². The Morgan fingerprint density at radius 1 is 1.64 bits per heavy atom. The predicted molar refractivity (Wildman–Crippen MR) is 41.2 cm³/mol. The van der Waals surface area contributed by atoms with E-state index in [2.05, 4.69) is 9.97 Å². The lowest BCUT2D eigenvalue weighted by molar-refractivity contribution is 0.101. The van der Waals surface area contributed by atoms with E-state index in [4.69, 9.17) is 5.73 Å². The number of hydrogen-bond donors (Lipinski definition) is 1. The quantitative estimate of drug-likeness (QED) is 0.596. The minimum atomic E-state index is -0.0880. The van der Waals surface area contributed by atoms with Crippen molar-refractivity contribution in [1.29, 1.82) is 0 Å². The van der Waals surface area contributed by atoms with Gasteiger partial charge in [0.1, 0.15) is 11.5 Å². The summed E-state index contributed by atoms with van der Waals surface area (Å²) in [5.41, 5.74) is 6.31. The van der Waals surface area contributed by atoms with Crippen molar-refractivity contribution < 1.29 is 4.79 Å². The summed E-state index contributed by atoms with van der Waals surface area (Å²) in [6, 6.07) is 0. The van der Waals surface area contributed by atoms with Crippen LogP contribution >= 0.6 is 0 Å². The van der Waals surface area contributed by atoms with Crippen LogP contribution < -0.4 is 5.73 Å². The van der Waals surface area contributed by atoms with Crippen molar-refractivity contribution in [3.8, 4) is 0 Å². The molecule has 0 saturated heterocycles. The summed E-state index contributed by atoms with van der Waals surface area (Å²) in [4.78, 5) is 18.6. The Kier molecular flexibility index (Phi) is 1.85. The van der Waals surface area contributed by atoms with Crippen molar-refractivity contribution >= 4 is 11.6 Å². The lowest BCUT2D eigenvalue weighted by Crippen LogP contribution is -2.04. The summed E-state index contributed by atoms with van der Waals surface area (Å²) in [6.07, 6.45) is 1.38. The van der Waals surface area contributed by atoms with Gasteiger partial charge in [0, 0.05) is 6.92 Å². The lowest BCUT2D eigenvalue weighted by atomic mass is 10.2. The summed E-state index contributed by atoms with van der Waals surface area (Å²) in [5.74, 6) is 0.252. The van der Waals surface area contributed by atoms with E-state index in [0.29, 0.717) is 17.2 Å². The molecule has 0 aromatic carbocycles. The molecule has 0 unspecified atom stereocenters. The van der Waals surface area contributed by atoms with E-state index >= 15 is 0 Å². The van der Waals surface area contributed by atoms with Gasteiger partial charge in [0.05, 0.1) is 11.9 Å². The largest absolute Gasteiger partial charge is 0.382 e. The molecule has 2 N–H and O–H groups in total. The first kappa shape index (κ1) is 7.65. The Bertz CT molecular complexity index is 296. The molecule has 4 heteroatoms. The molecule has 0 aliphatic rings. The summed E-state index contributed by atoms with van der Waals surface area (Å²) in [5, 5.41) is 0. The number of ketones is 1. The molecule has 1 aromatic rings. The minimum absolute atomic E-state index is 0.0880. The molecular weight excluding hydrogens is 142 g/mol. The minimum Gasteiger partial charge on any atom is -0.382 e. The van der Waals surface area contributed by atoms with Crippen LogP contribution in [0, 0.1) is 6.92 Å². The molecule has 1 rings (SSSR count). The van der Waals surface area contributed by atoms with Gasteiger partial charge in [0.25, 0.3) is 0 Å². The third kappa shape index (κ3) is 1.52. The van der Waals surface area contributed by atoms with Gasteiger partial charge < -0.3 is 5.73 Å². The number of Topliss-reactive ketones (excluding diaryl/α,β-unsaturated/α-hetero) is 1. The Morgan fingerprint density at radius 3 is 2.73 bits per heavy atom. The zero-order valence-electron chi connectivity index (χ0n) is 6.46. The van der Waals surface area contributed by atoms with Crippen molar-refractivity contribution in [3.63, 3.8) is 0 Å². The summed E-state index contributed by atoms with van der Waals surface area (Å²) < 4.78 is 0. The number of aryl methyl sites for hydroxylation is 1. The monoisotopic (exact) mass is 151 g/mol.